The summed E-state index contributed by atoms with van der Waals surface area (Å²) in [6, 6.07) is 0. The molecule has 82 valence electrons. The normalized spacial score (nSPS) is 15.3. The Morgan fingerprint density at radius 3 is 2.80 bits per heavy atom. The van der Waals surface area contributed by atoms with Crippen LogP contribution in [0.4, 0.5) is 5.82 Å². The minimum absolute atomic E-state index is 0.911. The first-order chi connectivity index (χ1) is 7.25. The smallest absolute Gasteiger partial charge is 0.144 e. The van der Waals surface area contributed by atoms with E-state index in [2.05, 4.69) is 15.3 Å². The fourth-order valence-electron chi connectivity index (χ4n) is 1.64. The molecular weight excluding hydrogens is 186 g/mol. The highest BCUT2D eigenvalue weighted by Gasteiger charge is 2.19. The first kappa shape index (κ1) is 10.4. The molecule has 1 aromatic rings. The quantitative estimate of drug-likeness (QED) is 0.751. The maximum atomic E-state index is 4.43. The van der Waals surface area contributed by atoms with E-state index in [9.17, 15) is 0 Å². The minimum Gasteiger partial charge on any atom is -0.369 e. The standard InChI is InChI=1S/C12H19N3/c1-9-10(2)15-12(8-14-9)13-7-3-4-11-5-6-11/h8,11H,3-7H2,1-2H3,(H,13,15). The van der Waals surface area contributed by atoms with Gasteiger partial charge in [0.2, 0.25) is 0 Å². The second-order valence-electron chi connectivity index (χ2n) is 4.44. The third-order valence-electron chi connectivity index (χ3n) is 2.98. The van der Waals surface area contributed by atoms with Crippen LogP contribution in [0.1, 0.15) is 37.1 Å². The molecule has 0 atom stereocenters. The highest BCUT2D eigenvalue weighted by Crippen LogP contribution is 2.33. The third kappa shape index (κ3) is 3.18. The average molecular weight is 205 g/mol. The van der Waals surface area contributed by atoms with E-state index >= 15 is 0 Å². The summed E-state index contributed by atoms with van der Waals surface area (Å²) in [7, 11) is 0. The van der Waals surface area contributed by atoms with E-state index in [0.717, 1.165) is 29.7 Å². The van der Waals surface area contributed by atoms with Crippen LogP contribution < -0.4 is 5.32 Å². The van der Waals surface area contributed by atoms with Gasteiger partial charge in [0.1, 0.15) is 5.82 Å². The first-order valence-corrected chi connectivity index (χ1v) is 5.80. The molecule has 2 rings (SSSR count). The van der Waals surface area contributed by atoms with E-state index in [-0.39, 0.29) is 0 Å². The zero-order valence-electron chi connectivity index (χ0n) is 9.58. The summed E-state index contributed by atoms with van der Waals surface area (Å²) in [5, 5.41) is 3.32. The maximum Gasteiger partial charge on any atom is 0.144 e. The van der Waals surface area contributed by atoms with Crippen LogP contribution in [0.5, 0.6) is 0 Å². The second-order valence-corrected chi connectivity index (χ2v) is 4.44. The largest absolute Gasteiger partial charge is 0.369 e. The molecule has 0 radical (unpaired) electrons. The third-order valence-corrected chi connectivity index (χ3v) is 2.98. The van der Waals surface area contributed by atoms with E-state index in [1.807, 2.05) is 20.0 Å². The van der Waals surface area contributed by atoms with Crippen molar-refractivity contribution in [2.24, 2.45) is 5.92 Å². The van der Waals surface area contributed by atoms with Gasteiger partial charge in [-0.2, -0.15) is 0 Å². The number of nitrogens with zero attached hydrogens (tertiary/aromatic N) is 2. The maximum absolute atomic E-state index is 4.43. The van der Waals surface area contributed by atoms with Gasteiger partial charge in [-0.1, -0.05) is 12.8 Å². The molecule has 3 nitrogen and oxygen atoms in total. The van der Waals surface area contributed by atoms with Crippen LogP contribution in [-0.2, 0) is 0 Å². The molecule has 1 aliphatic carbocycles. The van der Waals surface area contributed by atoms with Gasteiger partial charge in [0.05, 0.1) is 17.6 Å². The predicted octanol–water partition coefficient (Wildman–Crippen LogP) is 2.70. The summed E-state index contributed by atoms with van der Waals surface area (Å²) < 4.78 is 0. The minimum atomic E-state index is 0.911. The van der Waals surface area contributed by atoms with Crippen LogP contribution in [0.3, 0.4) is 0 Å². The lowest BCUT2D eigenvalue weighted by atomic mass is 10.2. The molecule has 1 aromatic heterocycles. The number of hydrogen-bond donors (Lipinski definition) is 1. The van der Waals surface area contributed by atoms with E-state index in [1.165, 1.54) is 25.7 Å². The van der Waals surface area contributed by atoms with Crippen LogP contribution in [0.25, 0.3) is 0 Å². The Morgan fingerprint density at radius 1 is 1.33 bits per heavy atom. The predicted molar refractivity (Wildman–Crippen MR) is 62.0 cm³/mol. The van der Waals surface area contributed by atoms with Gasteiger partial charge in [-0.05, 0) is 32.6 Å². The van der Waals surface area contributed by atoms with Crippen LogP contribution in [0.15, 0.2) is 6.20 Å². The first-order valence-electron chi connectivity index (χ1n) is 5.80. The molecule has 3 heteroatoms. The average Bonchev–Trinajstić information content (AvgIpc) is 3.02. The number of hydrogen-bond acceptors (Lipinski definition) is 3. The lowest BCUT2D eigenvalue weighted by molar-refractivity contribution is 0.686. The lowest BCUT2D eigenvalue weighted by Crippen LogP contribution is -2.05. The van der Waals surface area contributed by atoms with E-state index in [4.69, 9.17) is 0 Å². The second kappa shape index (κ2) is 4.60. The van der Waals surface area contributed by atoms with Crippen molar-refractivity contribution in [2.45, 2.75) is 39.5 Å². The summed E-state index contributed by atoms with van der Waals surface area (Å²) in [4.78, 5) is 8.71. The molecular formula is C12H19N3. The van der Waals surface area contributed by atoms with Gasteiger partial charge in [0, 0.05) is 6.54 Å². The van der Waals surface area contributed by atoms with Gasteiger partial charge >= 0.3 is 0 Å². The van der Waals surface area contributed by atoms with Crippen molar-refractivity contribution in [1.29, 1.82) is 0 Å². The molecule has 0 amide bonds. The van der Waals surface area contributed by atoms with Gasteiger partial charge in [0.25, 0.3) is 0 Å². The lowest BCUT2D eigenvalue weighted by Gasteiger charge is -2.06. The monoisotopic (exact) mass is 205 g/mol. The molecule has 1 aliphatic rings. The molecule has 1 heterocycles. The Morgan fingerprint density at radius 2 is 2.13 bits per heavy atom. The fraction of sp³-hybridized carbons (Fsp3) is 0.667. The van der Waals surface area contributed by atoms with Crippen molar-refractivity contribution in [3.63, 3.8) is 0 Å². The van der Waals surface area contributed by atoms with E-state index in [1.54, 1.807) is 0 Å². The Kier molecular flexibility index (Phi) is 3.19. The summed E-state index contributed by atoms with van der Waals surface area (Å²) in [6.45, 7) is 5.00. The number of aryl methyl sites for hydroxylation is 2. The molecule has 1 saturated carbocycles. The molecule has 0 aromatic carbocycles. The molecule has 0 spiro atoms. The molecule has 0 unspecified atom stereocenters. The van der Waals surface area contributed by atoms with Crippen molar-refractivity contribution < 1.29 is 0 Å². The zero-order chi connectivity index (χ0) is 10.7. The van der Waals surface area contributed by atoms with Gasteiger partial charge in [-0.25, -0.2) is 4.98 Å². The molecule has 0 aliphatic heterocycles. The number of anilines is 1. The van der Waals surface area contributed by atoms with Gasteiger partial charge in [0.15, 0.2) is 0 Å². The summed E-state index contributed by atoms with van der Waals surface area (Å²) in [5.74, 6) is 1.94. The topological polar surface area (TPSA) is 37.8 Å². The van der Waals surface area contributed by atoms with Gasteiger partial charge in [-0.15, -0.1) is 0 Å². The molecule has 1 fully saturated rings. The summed E-state index contributed by atoms with van der Waals surface area (Å²) >= 11 is 0. The van der Waals surface area contributed by atoms with E-state index in [0.29, 0.717) is 0 Å². The van der Waals surface area contributed by atoms with Crippen molar-refractivity contribution in [3.8, 4) is 0 Å². The fourth-order valence-corrected chi connectivity index (χ4v) is 1.64. The Balaban J connectivity index is 1.74. The van der Waals surface area contributed by atoms with Crippen LogP contribution in [0.2, 0.25) is 0 Å². The van der Waals surface area contributed by atoms with E-state index < -0.39 is 0 Å². The highest BCUT2D eigenvalue weighted by atomic mass is 15.0. The van der Waals surface area contributed by atoms with Crippen molar-refractivity contribution >= 4 is 5.82 Å². The van der Waals surface area contributed by atoms with Gasteiger partial charge in [-0.3, -0.25) is 4.98 Å². The Labute approximate surface area is 91.3 Å². The number of nitrogens with one attached hydrogen (secondary N) is 1. The highest BCUT2D eigenvalue weighted by molar-refractivity contribution is 5.32. The molecule has 0 bridgehead atoms. The SMILES string of the molecule is Cc1ncc(NCCCC2CC2)nc1C. The summed E-state index contributed by atoms with van der Waals surface area (Å²) in [5.41, 5.74) is 2.03. The molecule has 0 saturated heterocycles. The molecule has 1 N–H and O–H groups in total. The number of aromatic nitrogens is 2. The zero-order valence-corrected chi connectivity index (χ0v) is 9.58. The summed E-state index contributed by atoms with van der Waals surface area (Å²) in [6.07, 6.45) is 7.33. The van der Waals surface area contributed by atoms with Gasteiger partial charge < -0.3 is 5.32 Å². The molecule has 15 heavy (non-hydrogen) atoms. The van der Waals surface area contributed by atoms with Crippen molar-refractivity contribution in [1.82, 2.24) is 9.97 Å². The van der Waals surface area contributed by atoms with Crippen molar-refractivity contribution in [2.75, 3.05) is 11.9 Å². The Bertz CT molecular complexity index is 332. The van der Waals surface area contributed by atoms with Crippen LogP contribution in [0, 0.1) is 19.8 Å². The van der Waals surface area contributed by atoms with Crippen molar-refractivity contribution in [3.05, 3.63) is 17.6 Å². The van der Waals surface area contributed by atoms with Crippen LogP contribution >= 0.6 is 0 Å². The Hall–Kier alpha value is -1.12. The number of rotatable bonds is 5. The van der Waals surface area contributed by atoms with Crippen LogP contribution in [-0.4, -0.2) is 16.5 Å².